The van der Waals surface area contributed by atoms with Crippen LogP contribution in [-0.4, -0.2) is 22.7 Å². The molecule has 1 rings (SSSR count). The summed E-state index contributed by atoms with van der Waals surface area (Å²) in [5, 5.41) is 12.4. The minimum atomic E-state index is 0.171. The maximum atomic E-state index is 9.04. The molecule has 0 aliphatic rings. The molecule has 2 N–H and O–H groups in total. The maximum absolute atomic E-state index is 9.04. The molecule has 0 saturated carbocycles. The third kappa shape index (κ3) is 3.09. The van der Waals surface area contributed by atoms with Crippen LogP contribution in [0.4, 0.5) is 0 Å². The number of aliphatic hydroxyl groups excluding tert-OH is 1. The van der Waals surface area contributed by atoms with E-state index in [0.29, 0.717) is 0 Å². The van der Waals surface area contributed by atoms with Crippen LogP contribution in [0.2, 0.25) is 0 Å². The van der Waals surface area contributed by atoms with Gasteiger partial charge in [0.1, 0.15) is 0 Å². The molecule has 0 fully saturated rings. The third-order valence-electron chi connectivity index (χ3n) is 2.38. The van der Waals surface area contributed by atoms with Crippen LogP contribution in [-0.2, 0) is 0 Å². The van der Waals surface area contributed by atoms with Crippen molar-refractivity contribution in [3.8, 4) is 0 Å². The normalized spacial score (nSPS) is 15.1. The van der Waals surface area contributed by atoms with Gasteiger partial charge in [0.15, 0.2) is 0 Å². The summed E-state index contributed by atoms with van der Waals surface area (Å²) in [5.74, 6) is 0. The van der Waals surface area contributed by atoms with Crippen molar-refractivity contribution in [1.29, 1.82) is 0 Å². The highest BCUT2D eigenvalue weighted by Gasteiger charge is 2.10. The van der Waals surface area contributed by atoms with Gasteiger partial charge in [-0.3, -0.25) is 4.98 Å². The van der Waals surface area contributed by atoms with Crippen LogP contribution < -0.4 is 5.32 Å². The van der Waals surface area contributed by atoms with E-state index in [4.69, 9.17) is 5.11 Å². The molecule has 14 heavy (non-hydrogen) atoms. The van der Waals surface area contributed by atoms with E-state index < -0.39 is 0 Å². The molecule has 0 aliphatic carbocycles. The van der Waals surface area contributed by atoms with Gasteiger partial charge in [-0.25, -0.2) is 0 Å². The monoisotopic (exact) mass is 194 g/mol. The second-order valence-corrected chi connectivity index (χ2v) is 3.46. The minimum absolute atomic E-state index is 0.171. The van der Waals surface area contributed by atoms with E-state index in [1.807, 2.05) is 18.3 Å². The van der Waals surface area contributed by atoms with Crippen molar-refractivity contribution < 1.29 is 5.11 Å². The van der Waals surface area contributed by atoms with Gasteiger partial charge in [0.05, 0.1) is 6.61 Å². The first kappa shape index (κ1) is 11.1. The maximum Gasteiger partial charge on any atom is 0.0584 e. The Kier molecular flexibility index (Phi) is 4.56. The zero-order valence-electron chi connectivity index (χ0n) is 8.77. The van der Waals surface area contributed by atoms with E-state index >= 15 is 0 Å². The highest BCUT2D eigenvalue weighted by atomic mass is 16.3. The molecule has 0 saturated heterocycles. The number of rotatable bonds is 5. The fourth-order valence-corrected chi connectivity index (χ4v) is 1.38. The Morgan fingerprint density at radius 1 is 1.57 bits per heavy atom. The molecular weight excluding hydrogens is 176 g/mol. The highest BCUT2D eigenvalue weighted by molar-refractivity contribution is 5.12. The van der Waals surface area contributed by atoms with E-state index in [9.17, 15) is 0 Å². The lowest BCUT2D eigenvalue weighted by Gasteiger charge is -2.20. The summed E-state index contributed by atoms with van der Waals surface area (Å²) >= 11 is 0. The van der Waals surface area contributed by atoms with E-state index in [1.165, 1.54) is 0 Å². The van der Waals surface area contributed by atoms with Gasteiger partial charge in [0, 0.05) is 24.5 Å². The number of aromatic nitrogens is 1. The molecule has 78 valence electrons. The van der Waals surface area contributed by atoms with Crippen LogP contribution in [0.25, 0.3) is 0 Å². The van der Waals surface area contributed by atoms with Gasteiger partial charge in [-0.15, -0.1) is 0 Å². The Morgan fingerprint density at radius 2 is 2.36 bits per heavy atom. The van der Waals surface area contributed by atoms with E-state index in [2.05, 4.69) is 24.1 Å². The van der Waals surface area contributed by atoms with Gasteiger partial charge >= 0.3 is 0 Å². The van der Waals surface area contributed by atoms with Gasteiger partial charge in [-0.05, 0) is 25.0 Å². The Hall–Kier alpha value is -0.930. The molecule has 0 aliphatic heterocycles. The van der Waals surface area contributed by atoms with Crippen molar-refractivity contribution in [2.45, 2.75) is 32.4 Å². The molecule has 0 unspecified atom stereocenters. The summed E-state index contributed by atoms with van der Waals surface area (Å²) in [6.45, 7) is 4.32. The lowest BCUT2D eigenvalue weighted by atomic mass is 10.1. The van der Waals surface area contributed by atoms with Gasteiger partial charge in [0.2, 0.25) is 0 Å². The van der Waals surface area contributed by atoms with Crippen LogP contribution in [0.5, 0.6) is 0 Å². The standard InChI is InChI=1S/C11H18N2O/c1-3-11(8-14)13-9(2)10-5-4-6-12-7-10/h4-7,9,11,13-14H,3,8H2,1-2H3/t9-,11+/m1/s1. The quantitative estimate of drug-likeness (QED) is 0.746. The second-order valence-electron chi connectivity index (χ2n) is 3.46. The van der Waals surface area contributed by atoms with Gasteiger partial charge < -0.3 is 10.4 Å². The smallest absolute Gasteiger partial charge is 0.0584 e. The number of hydrogen-bond donors (Lipinski definition) is 2. The summed E-state index contributed by atoms with van der Waals surface area (Å²) in [5.41, 5.74) is 1.15. The molecule has 0 radical (unpaired) electrons. The van der Waals surface area contributed by atoms with Gasteiger partial charge in [0.25, 0.3) is 0 Å². The van der Waals surface area contributed by atoms with Crippen LogP contribution in [0.3, 0.4) is 0 Å². The molecule has 0 bridgehead atoms. The van der Waals surface area contributed by atoms with E-state index in [1.54, 1.807) is 6.20 Å². The Bertz CT molecular complexity index is 247. The van der Waals surface area contributed by atoms with E-state index in [0.717, 1.165) is 12.0 Å². The molecule has 3 heteroatoms. The SMILES string of the molecule is CC[C@@H](CO)N[C@H](C)c1cccnc1. The predicted molar refractivity (Wildman–Crippen MR) is 57.0 cm³/mol. The molecule has 2 atom stereocenters. The highest BCUT2D eigenvalue weighted by Crippen LogP contribution is 2.11. The van der Waals surface area contributed by atoms with Crippen LogP contribution in [0.15, 0.2) is 24.5 Å². The molecule has 0 spiro atoms. The topological polar surface area (TPSA) is 45.1 Å². The average molecular weight is 194 g/mol. The number of nitrogens with zero attached hydrogens (tertiary/aromatic N) is 1. The molecular formula is C11H18N2O. The van der Waals surface area contributed by atoms with Crippen molar-refractivity contribution >= 4 is 0 Å². The largest absolute Gasteiger partial charge is 0.395 e. The zero-order chi connectivity index (χ0) is 10.4. The molecule has 1 aromatic heterocycles. The van der Waals surface area contributed by atoms with Crippen molar-refractivity contribution in [1.82, 2.24) is 10.3 Å². The molecule has 0 aromatic carbocycles. The van der Waals surface area contributed by atoms with Crippen LogP contribution in [0, 0.1) is 0 Å². The van der Waals surface area contributed by atoms with Crippen LogP contribution >= 0.6 is 0 Å². The second kappa shape index (κ2) is 5.73. The molecule has 0 amide bonds. The predicted octanol–water partition coefficient (Wildman–Crippen LogP) is 1.50. The first-order valence-corrected chi connectivity index (χ1v) is 5.04. The summed E-state index contributed by atoms with van der Waals surface area (Å²) in [4.78, 5) is 4.06. The Labute approximate surface area is 85.2 Å². The molecule has 3 nitrogen and oxygen atoms in total. The summed E-state index contributed by atoms with van der Waals surface area (Å²) in [6.07, 6.45) is 4.54. The minimum Gasteiger partial charge on any atom is -0.395 e. The first-order valence-electron chi connectivity index (χ1n) is 5.04. The van der Waals surface area contributed by atoms with Crippen molar-refractivity contribution in [2.24, 2.45) is 0 Å². The van der Waals surface area contributed by atoms with Crippen molar-refractivity contribution in [3.63, 3.8) is 0 Å². The number of hydrogen-bond acceptors (Lipinski definition) is 3. The molecule has 1 aromatic rings. The number of pyridine rings is 1. The zero-order valence-corrected chi connectivity index (χ0v) is 8.77. The fourth-order valence-electron chi connectivity index (χ4n) is 1.38. The lowest BCUT2D eigenvalue weighted by molar-refractivity contribution is 0.230. The average Bonchev–Trinajstić information content (AvgIpc) is 2.26. The van der Waals surface area contributed by atoms with Gasteiger partial charge in [-0.1, -0.05) is 13.0 Å². The third-order valence-corrected chi connectivity index (χ3v) is 2.38. The summed E-state index contributed by atoms with van der Waals surface area (Å²) < 4.78 is 0. The molecule has 1 heterocycles. The number of aliphatic hydroxyl groups is 1. The van der Waals surface area contributed by atoms with Crippen molar-refractivity contribution in [2.75, 3.05) is 6.61 Å². The van der Waals surface area contributed by atoms with Crippen LogP contribution in [0.1, 0.15) is 31.9 Å². The Balaban J connectivity index is 2.54. The van der Waals surface area contributed by atoms with Gasteiger partial charge in [-0.2, -0.15) is 0 Å². The first-order chi connectivity index (χ1) is 6.77. The Morgan fingerprint density at radius 3 is 2.86 bits per heavy atom. The summed E-state index contributed by atoms with van der Waals surface area (Å²) in [7, 11) is 0. The number of nitrogens with one attached hydrogen (secondary N) is 1. The lowest BCUT2D eigenvalue weighted by Crippen LogP contribution is -2.33. The van der Waals surface area contributed by atoms with E-state index in [-0.39, 0.29) is 18.7 Å². The van der Waals surface area contributed by atoms with Crippen molar-refractivity contribution in [3.05, 3.63) is 30.1 Å². The summed E-state index contributed by atoms with van der Waals surface area (Å²) in [6, 6.07) is 4.37. The fraction of sp³-hybridized carbons (Fsp3) is 0.545.